The lowest BCUT2D eigenvalue weighted by Gasteiger charge is -1.86. The zero-order valence-electron chi connectivity index (χ0n) is 7.89. The number of nitrogens with one attached hydrogen (secondary N) is 1. The van der Waals surface area contributed by atoms with Crippen LogP contribution in [0.2, 0.25) is 0 Å². The van der Waals surface area contributed by atoms with Gasteiger partial charge in [-0.25, -0.2) is 0 Å². The Morgan fingerprint density at radius 3 is 3.14 bits per heavy atom. The van der Waals surface area contributed by atoms with Crippen LogP contribution in [0.1, 0.15) is 18.2 Å². The van der Waals surface area contributed by atoms with Gasteiger partial charge < -0.3 is 4.98 Å². The highest BCUT2D eigenvalue weighted by molar-refractivity contribution is 5.88. The quantitative estimate of drug-likeness (QED) is 0.648. The first-order valence-corrected chi connectivity index (χ1v) is 4.40. The Morgan fingerprint density at radius 1 is 1.57 bits per heavy atom. The lowest BCUT2D eigenvalue weighted by molar-refractivity contribution is 1.42. The number of hydrogen-bond donors (Lipinski definition) is 1. The van der Waals surface area contributed by atoms with Crippen LogP contribution in [-0.2, 0) is 0 Å². The Hall–Kier alpha value is -2.12. The summed E-state index contributed by atoms with van der Waals surface area (Å²) in [5, 5.41) is 0.933. The van der Waals surface area contributed by atoms with Crippen LogP contribution in [0.4, 0.5) is 0 Å². The predicted octanol–water partition coefficient (Wildman–Crippen LogP) is 2.78. The molecule has 1 heterocycles. The first kappa shape index (κ1) is 8.48. The maximum atomic E-state index is 5.45. The molecule has 0 aliphatic heterocycles. The highest BCUT2D eigenvalue weighted by Gasteiger charge is 2.05. The third kappa shape index (κ3) is 1.16. The van der Waals surface area contributed by atoms with Gasteiger partial charge in [-0.1, -0.05) is 24.1 Å². The standard InChI is InChI=1S/C13H9N/c1-3-7-12-10(4-2)11-8-5-6-9-13(11)14-12/h2-3,6-7,9,14H,1H3/b7-3-. The van der Waals surface area contributed by atoms with E-state index in [1.165, 1.54) is 0 Å². The number of allylic oxidation sites excluding steroid dienone is 1. The Balaban J connectivity index is 2.80. The lowest BCUT2D eigenvalue weighted by Crippen LogP contribution is -1.75. The number of fused-ring (bicyclic) bond motifs is 1. The van der Waals surface area contributed by atoms with Crippen molar-refractivity contribution < 1.29 is 0 Å². The number of terminal acetylenes is 1. The van der Waals surface area contributed by atoms with Crippen molar-refractivity contribution in [3.8, 4) is 12.3 Å². The SMILES string of the molecule is C#Cc1c(/C=C\C)[nH]c2ccc#cc12. The van der Waals surface area contributed by atoms with E-state index in [1.807, 2.05) is 31.2 Å². The number of aromatic nitrogens is 1. The van der Waals surface area contributed by atoms with Crippen LogP contribution in [0, 0.1) is 24.5 Å². The van der Waals surface area contributed by atoms with Crippen LogP contribution >= 0.6 is 0 Å². The van der Waals surface area contributed by atoms with Gasteiger partial charge in [-0.05, 0) is 25.1 Å². The average molecular weight is 179 g/mol. The molecule has 0 radical (unpaired) electrons. The molecule has 66 valence electrons. The minimum absolute atomic E-state index is 0.856. The van der Waals surface area contributed by atoms with E-state index < -0.39 is 0 Å². The van der Waals surface area contributed by atoms with Gasteiger partial charge >= 0.3 is 0 Å². The van der Waals surface area contributed by atoms with Crippen molar-refractivity contribution in [3.05, 3.63) is 41.6 Å². The molecule has 1 aromatic heterocycles. The van der Waals surface area contributed by atoms with E-state index in [1.54, 1.807) is 0 Å². The summed E-state index contributed by atoms with van der Waals surface area (Å²) in [5.74, 6) is 2.67. The zero-order chi connectivity index (χ0) is 9.97. The maximum Gasteiger partial charge on any atom is 0.0661 e. The molecule has 0 unspecified atom stereocenters. The third-order valence-corrected chi connectivity index (χ3v) is 2.07. The van der Waals surface area contributed by atoms with Crippen LogP contribution in [0.3, 0.4) is 0 Å². The molecule has 0 fully saturated rings. The van der Waals surface area contributed by atoms with Crippen molar-refractivity contribution >= 4 is 17.0 Å². The molecule has 14 heavy (non-hydrogen) atoms. The van der Waals surface area contributed by atoms with Gasteiger partial charge in [-0.3, -0.25) is 0 Å². The van der Waals surface area contributed by atoms with Crippen molar-refractivity contribution in [1.29, 1.82) is 0 Å². The maximum absolute atomic E-state index is 5.45. The average Bonchev–Trinajstić information content (AvgIpc) is 2.55. The molecule has 0 saturated carbocycles. The second-order valence-electron chi connectivity index (χ2n) is 2.95. The third-order valence-electron chi connectivity index (χ3n) is 2.07. The summed E-state index contributed by atoms with van der Waals surface area (Å²) in [7, 11) is 0. The fourth-order valence-electron chi connectivity index (χ4n) is 1.47. The number of aromatic amines is 1. The van der Waals surface area contributed by atoms with Gasteiger partial charge in [0, 0.05) is 0 Å². The van der Waals surface area contributed by atoms with Gasteiger partial charge in [0.25, 0.3) is 0 Å². The highest BCUT2D eigenvalue weighted by Crippen LogP contribution is 2.20. The molecule has 2 rings (SSSR count). The lowest BCUT2D eigenvalue weighted by atomic mass is 10.1. The Labute approximate surface area is 83.5 Å². The van der Waals surface area contributed by atoms with Crippen molar-refractivity contribution in [2.75, 3.05) is 0 Å². The summed E-state index contributed by atoms with van der Waals surface area (Å²) in [6, 6.07) is 9.68. The van der Waals surface area contributed by atoms with Crippen LogP contribution in [-0.4, -0.2) is 4.98 Å². The molecule has 2 aromatic rings. The summed E-state index contributed by atoms with van der Waals surface area (Å²) >= 11 is 0. The van der Waals surface area contributed by atoms with Crippen LogP contribution < -0.4 is 0 Å². The first-order valence-electron chi connectivity index (χ1n) is 4.40. The molecule has 0 aliphatic carbocycles. The van der Waals surface area contributed by atoms with Crippen LogP contribution in [0.5, 0.6) is 0 Å². The van der Waals surface area contributed by atoms with E-state index in [9.17, 15) is 0 Å². The minimum Gasteiger partial charge on any atom is -0.353 e. The van der Waals surface area contributed by atoms with Crippen LogP contribution in [0.15, 0.2) is 18.2 Å². The molecule has 0 bridgehead atoms. The van der Waals surface area contributed by atoms with Gasteiger partial charge in [0.05, 0.1) is 22.2 Å². The van der Waals surface area contributed by atoms with E-state index >= 15 is 0 Å². The highest BCUT2D eigenvalue weighted by atomic mass is 14.7. The predicted molar refractivity (Wildman–Crippen MR) is 58.6 cm³/mol. The number of H-pyrrole nitrogens is 1. The Bertz CT molecular complexity index is 524. The van der Waals surface area contributed by atoms with Crippen molar-refractivity contribution in [2.45, 2.75) is 6.92 Å². The molecular weight excluding hydrogens is 170 g/mol. The molecule has 1 nitrogen and oxygen atoms in total. The summed E-state index contributed by atoms with van der Waals surface area (Å²) in [4.78, 5) is 3.24. The summed E-state index contributed by atoms with van der Waals surface area (Å²) in [6.45, 7) is 1.96. The molecule has 0 saturated heterocycles. The number of rotatable bonds is 1. The van der Waals surface area contributed by atoms with E-state index in [-0.39, 0.29) is 0 Å². The first-order chi connectivity index (χ1) is 6.86. The summed E-state index contributed by atoms with van der Waals surface area (Å²) in [6.07, 6.45) is 9.37. The topological polar surface area (TPSA) is 15.8 Å². The molecular formula is C13H9N. The molecule has 1 aromatic carbocycles. The minimum atomic E-state index is 0.856. The Kier molecular flexibility index (Phi) is 2.01. The van der Waals surface area contributed by atoms with Gasteiger partial charge in [0.1, 0.15) is 0 Å². The monoisotopic (exact) mass is 179 g/mol. The van der Waals surface area contributed by atoms with E-state index in [2.05, 4.69) is 23.0 Å². The van der Waals surface area contributed by atoms with E-state index in [0.717, 1.165) is 22.2 Å². The fourth-order valence-corrected chi connectivity index (χ4v) is 1.47. The molecule has 0 aliphatic rings. The van der Waals surface area contributed by atoms with Gasteiger partial charge in [-0.2, -0.15) is 0 Å². The van der Waals surface area contributed by atoms with E-state index in [0.29, 0.717) is 0 Å². The Morgan fingerprint density at radius 2 is 2.43 bits per heavy atom. The van der Waals surface area contributed by atoms with Crippen molar-refractivity contribution in [1.82, 2.24) is 4.98 Å². The van der Waals surface area contributed by atoms with Gasteiger partial charge in [0.2, 0.25) is 0 Å². The van der Waals surface area contributed by atoms with E-state index in [4.69, 9.17) is 6.42 Å². The molecule has 1 heteroatoms. The second-order valence-corrected chi connectivity index (χ2v) is 2.95. The molecule has 0 spiro atoms. The van der Waals surface area contributed by atoms with Crippen LogP contribution in [0.25, 0.3) is 17.0 Å². The van der Waals surface area contributed by atoms with Gasteiger partial charge in [-0.15, -0.1) is 6.42 Å². The molecule has 0 atom stereocenters. The second kappa shape index (κ2) is 3.32. The normalized spacial score (nSPS) is 10.3. The number of hydrogen-bond acceptors (Lipinski definition) is 0. The van der Waals surface area contributed by atoms with Crippen molar-refractivity contribution in [3.63, 3.8) is 0 Å². The molecule has 1 N–H and O–H groups in total. The smallest absolute Gasteiger partial charge is 0.0661 e. The zero-order valence-corrected chi connectivity index (χ0v) is 7.89. The summed E-state index contributed by atoms with van der Waals surface area (Å²) < 4.78 is 0. The van der Waals surface area contributed by atoms with Gasteiger partial charge in [0.15, 0.2) is 0 Å². The fraction of sp³-hybridized carbons (Fsp3) is 0.0769. The largest absolute Gasteiger partial charge is 0.353 e. The molecule has 0 amide bonds. The van der Waals surface area contributed by atoms with Crippen molar-refractivity contribution in [2.24, 2.45) is 0 Å². The summed E-state index contributed by atoms with van der Waals surface area (Å²) in [5.41, 5.74) is 2.82.